The Morgan fingerprint density at radius 2 is 1.81 bits per heavy atom. The fourth-order valence-corrected chi connectivity index (χ4v) is 5.07. The quantitative estimate of drug-likeness (QED) is 0.559. The topological polar surface area (TPSA) is 54.5 Å². The SMILES string of the molecule is CC/C=C1\CN(S(=O)(=O)c2ccc(C)cc2)CC1Cc1ccccc1C=O. The standard InChI is InChI=1S/C22H25NO3S/c1-3-6-19-14-23(27(25,26)22-11-9-17(2)10-12-22)15-21(19)13-18-7-4-5-8-20(18)16-24/h4-12,16,21H,3,13-15H2,1-2H3/b19-6+. The maximum Gasteiger partial charge on any atom is 0.243 e. The van der Waals surface area contributed by atoms with Crippen molar-refractivity contribution in [3.05, 3.63) is 76.9 Å². The van der Waals surface area contributed by atoms with Gasteiger partial charge in [0.05, 0.1) is 4.90 Å². The van der Waals surface area contributed by atoms with Crippen LogP contribution in [0.15, 0.2) is 65.1 Å². The molecule has 2 aromatic rings. The summed E-state index contributed by atoms with van der Waals surface area (Å²) in [7, 11) is -3.52. The molecule has 0 N–H and O–H groups in total. The van der Waals surface area contributed by atoms with E-state index in [1.165, 1.54) is 0 Å². The molecule has 142 valence electrons. The van der Waals surface area contributed by atoms with E-state index in [2.05, 4.69) is 13.0 Å². The maximum absolute atomic E-state index is 13.1. The predicted octanol–water partition coefficient (Wildman–Crippen LogP) is 4.01. The predicted molar refractivity (Wildman–Crippen MR) is 107 cm³/mol. The third kappa shape index (κ3) is 4.20. The molecule has 3 rings (SSSR count). The van der Waals surface area contributed by atoms with Crippen molar-refractivity contribution in [2.45, 2.75) is 31.6 Å². The molecule has 1 fully saturated rings. The van der Waals surface area contributed by atoms with Crippen LogP contribution in [-0.4, -0.2) is 32.1 Å². The van der Waals surface area contributed by atoms with Crippen molar-refractivity contribution in [2.24, 2.45) is 5.92 Å². The van der Waals surface area contributed by atoms with Gasteiger partial charge < -0.3 is 0 Å². The third-order valence-corrected chi connectivity index (χ3v) is 6.91. The molecule has 0 aromatic heterocycles. The van der Waals surface area contributed by atoms with Crippen molar-refractivity contribution in [1.82, 2.24) is 4.31 Å². The molecule has 0 amide bonds. The summed E-state index contributed by atoms with van der Waals surface area (Å²) in [6.07, 6.45) is 4.52. The van der Waals surface area contributed by atoms with Gasteiger partial charge in [0.25, 0.3) is 0 Å². The second kappa shape index (κ2) is 8.19. The van der Waals surface area contributed by atoms with Gasteiger partial charge in [0.2, 0.25) is 10.0 Å². The first-order chi connectivity index (χ1) is 13.0. The Morgan fingerprint density at radius 3 is 2.48 bits per heavy atom. The molecule has 1 aliphatic rings. The Kier molecular flexibility index (Phi) is 5.92. The third-order valence-electron chi connectivity index (χ3n) is 5.08. The van der Waals surface area contributed by atoms with Crippen LogP contribution in [0.5, 0.6) is 0 Å². The molecule has 0 saturated carbocycles. The van der Waals surface area contributed by atoms with Gasteiger partial charge >= 0.3 is 0 Å². The van der Waals surface area contributed by atoms with Crippen molar-refractivity contribution in [2.75, 3.05) is 13.1 Å². The molecule has 27 heavy (non-hydrogen) atoms. The second-order valence-corrected chi connectivity index (χ2v) is 8.95. The van der Waals surface area contributed by atoms with E-state index in [0.29, 0.717) is 30.0 Å². The summed E-state index contributed by atoms with van der Waals surface area (Å²) < 4.78 is 27.7. The highest BCUT2D eigenvalue weighted by atomic mass is 32.2. The molecule has 0 aliphatic carbocycles. The first-order valence-electron chi connectivity index (χ1n) is 9.24. The van der Waals surface area contributed by atoms with E-state index in [4.69, 9.17) is 0 Å². The van der Waals surface area contributed by atoms with E-state index in [9.17, 15) is 13.2 Å². The van der Waals surface area contributed by atoms with Gasteiger partial charge in [-0.3, -0.25) is 4.79 Å². The van der Waals surface area contributed by atoms with Crippen LogP contribution in [0.2, 0.25) is 0 Å². The molecule has 5 heteroatoms. The van der Waals surface area contributed by atoms with Crippen LogP contribution in [0.3, 0.4) is 0 Å². The van der Waals surface area contributed by atoms with Gasteiger partial charge in [0, 0.05) is 18.7 Å². The number of aldehydes is 1. The molecular formula is C22H25NO3S. The first kappa shape index (κ1) is 19.5. The number of carbonyl (C=O) groups excluding carboxylic acids is 1. The summed E-state index contributed by atoms with van der Waals surface area (Å²) >= 11 is 0. The number of nitrogens with zero attached hydrogens (tertiary/aromatic N) is 1. The molecule has 4 nitrogen and oxygen atoms in total. The summed E-state index contributed by atoms with van der Waals surface area (Å²) in [6, 6.07) is 14.5. The number of hydrogen-bond acceptors (Lipinski definition) is 3. The van der Waals surface area contributed by atoms with Crippen LogP contribution in [0.4, 0.5) is 0 Å². The Labute approximate surface area is 161 Å². The highest BCUT2D eigenvalue weighted by Crippen LogP contribution is 2.31. The molecule has 1 atom stereocenters. The number of carbonyl (C=O) groups is 1. The largest absolute Gasteiger partial charge is 0.298 e. The minimum atomic E-state index is -3.52. The van der Waals surface area contributed by atoms with Gasteiger partial charge in [-0.2, -0.15) is 4.31 Å². The molecule has 0 spiro atoms. The van der Waals surface area contributed by atoms with Gasteiger partial charge in [-0.1, -0.05) is 60.5 Å². The number of sulfonamides is 1. The van der Waals surface area contributed by atoms with Crippen molar-refractivity contribution >= 4 is 16.3 Å². The summed E-state index contributed by atoms with van der Waals surface area (Å²) in [5.41, 5.74) is 3.81. The van der Waals surface area contributed by atoms with E-state index < -0.39 is 10.0 Å². The van der Waals surface area contributed by atoms with E-state index in [1.54, 1.807) is 22.5 Å². The molecule has 2 aromatic carbocycles. The van der Waals surface area contributed by atoms with Crippen LogP contribution in [0.1, 0.15) is 34.8 Å². The van der Waals surface area contributed by atoms with Gasteiger partial charge in [-0.05, 0) is 43.4 Å². The van der Waals surface area contributed by atoms with Crippen LogP contribution < -0.4 is 0 Å². The zero-order chi connectivity index (χ0) is 19.4. The van der Waals surface area contributed by atoms with Crippen LogP contribution in [0, 0.1) is 12.8 Å². The zero-order valence-corrected chi connectivity index (χ0v) is 16.6. The van der Waals surface area contributed by atoms with E-state index in [0.717, 1.165) is 29.4 Å². The lowest BCUT2D eigenvalue weighted by molar-refractivity contribution is 0.112. The van der Waals surface area contributed by atoms with Crippen molar-refractivity contribution < 1.29 is 13.2 Å². The summed E-state index contributed by atoms with van der Waals surface area (Å²) in [5.74, 6) is 0.0891. The number of benzene rings is 2. The highest BCUT2D eigenvalue weighted by Gasteiger charge is 2.35. The van der Waals surface area contributed by atoms with Gasteiger partial charge in [-0.25, -0.2) is 8.42 Å². The maximum atomic E-state index is 13.1. The molecular weight excluding hydrogens is 358 g/mol. The Bertz CT molecular complexity index is 946. The first-order valence-corrected chi connectivity index (χ1v) is 10.7. The molecule has 1 aliphatic heterocycles. The van der Waals surface area contributed by atoms with Crippen molar-refractivity contribution in [3.63, 3.8) is 0 Å². The summed E-state index contributed by atoms with van der Waals surface area (Å²) in [4.78, 5) is 11.7. The molecule has 1 heterocycles. The van der Waals surface area contributed by atoms with Crippen LogP contribution >= 0.6 is 0 Å². The monoisotopic (exact) mass is 383 g/mol. The normalized spacial score (nSPS) is 19.5. The molecule has 0 radical (unpaired) electrons. The lowest BCUT2D eigenvalue weighted by Crippen LogP contribution is -2.29. The van der Waals surface area contributed by atoms with Crippen molar-refractivity contribution in [1.29, 1.82) is 0 Å². The van der Waals surface area contributed by atoms with E-state index in [1.807, 2.05) is 37.3 Å². The Morgan fingerprint density at radius 1 is 1.11 bits per heavy atom. The van der Waals surface area contributed by atoms with Gasteiger partial charge in [0.1, 0.15) is 6.29 Å². The number of aryl methyl sites for hydroxylation is 1. The lowest BCUT2D eigenvalue weighted by atomic mass is 9.92. The van der Waals surface area contributed by atoms with E-state index >= 15 is 0 Å². The smallest absolute Gasteiger partial charge is 0.243 e. The lowest BCUT2D eigenvalue weighted by Gasteiger charge is -2.16. The minimum absolute atomic E-state index is 0.0891. The molecule has 1 unspecified atom stereocenters. The van der Waals surface area contributed by atoms with E-state index in [-0.39, 0.29) is 5.92 Å². The Balaban J connectivity index is 1.87. The number of hydrogen-bond donors (Lipinski definition) is 0. The van der Waals surface area contributed by atoms with Gasteiger partial charge in [-0.15, -0.1) is 0 Å². The fraction of sp³-hybridized carbons (Fsp3) is 0.318. The van der Waals surface area contributed by atoms with Crippen LogP contribution in [-0.2, 0) is 16.4 Å². The van der Waals surface area contributed by atoms with Gasteiger partial charge in [0.15, 0.2) is 0 Å². The minimum Gasteiger partial charge on any atom is -0.298 e. The number of allylic oxidation sites excluding steroid dienone is 1. The Hall–Kier alpha value is -2.24. The van der Waals surface area contributed by atoms with Crippen LogP contribution in [0.25, 0.3) is 0 Å². The fourth-order valence-electron chi connectivity index (χ4n) is 3.59. The van der Waals surface area contributed by atoms with Crippen molar-refractivity contribution in [3.8, 4) is 0 Å². The highest BCUT2D eigenvalue weighted by molar-refractivity contribution is 7.89. The second-order valence-electron chi connectivity index (χ2n) is 7.02. The number of rotatable bonds is 6. The molecule has 1 saturated heterocycles. The molecule has 0 bridgehead atoms. The zero-order valence-electron chi connectivity index (χ0n) is 15.8. The summed E-state index contributed by atoms with van der Waals surface area (Å²) in [5, 5.41) is 0. The summed E-state index contributed by atoms with van der Waals surface area (Å²) in [6.45, 7) is 4.85. The average Bonchev–Trinajstić information content (AvgIpc) is 3.06. The average molecular weight is 384 g/mol.